The van der Waals surface area contributed by atoms with Gasteiger partial charge in [-0.05, 0) is 49.3 Å². The molecule has 0 aliphatic carbocycles. The molecule has 1 aromatic rings. The molecule has 1 rings (SSSR count). The minimum atomic E-state index is -2.69. The third-order valence-corrected chi connectivity index (χ3v) is 4.51. The van der Waals surface area contributed by atoms with E-state index in [9.17, 15) is 8.78 Å². The lowest BCUT2D eigenvalue weighted by atomic mass is 9.86. The van der Waals surface area contributed by atoms with Gasteiger partial charge in [-0.3, -0.25) is 4.99 Å². The minimum Gasteiger partial charge on any atom is -0.377 e. The van der Waals surface area contributed by atoms with E-state index in [2.05, 4.69) is 68.5 Å². The van der Waals surface area contributed by atoms with Crippen LogP contribution in [0.25, 0.3) is 5.70 Å². The van der Waals surface area contributed by atoms with Crippen LogP contribution in [0.3, 0.4) is 0 Å². The highest BCUT2D eigenvalue weighted by atomic mass is 19.3. The largest absolute Gasteiger partial charge is 0.377 e. The van der Waals surface area contributed by atoms with Gasteiger partial charge in [-0.25, -0.2) is 8.78 Å². The highest BCUT2D eigenvalue weighted by molar-refractivity contribution is 5.78. The number of nitrogens with zero attached hydrogens (tertiary/aromatic N) is 1. The van der Waals surface area contributed by atoms with Gasteiger partial charge in [-0.1, -0.05) is 64.3 Å². The van der Waals surface area contributed by atoms with Gasteiger partial charge in [0.1, 0.15) is 0 Å². The SMILES string of the molecule is C=C(C=N/C(=C\C)C(C)NC(=C)c1ccc(C(C)(C)C)cc1)CCC(C)(F)F. The Labute approximate surface area is 169 Å². The van der Waals surface area contributed by atoms with E-state index in [1.807, 2.05) is 19.9 Å². The van der Waals surface area contributed by atoms with Crippen molar-refractivity contribution in [1.82, 2.24) is 5.32 Å². The maximum absolute atomic E-state index is 13.0. The van der Waals surface area contributed by atoms with Crippen molar-refractivity contribution in [3.8, 4) is 0 Å². The summed E-state index contributed by atoms with van der Waals surface area (Å²) in [6.07, 6.45) is 3.46. The van der Waals surface area contributed by atoms with Crippen LogP contribution < -0.4 is 5.32 Å². The van der Waals surface area contributed by atoms with E-state index in [-0.39, 0.29) is 24.3 Å². The van der Waals surface area contributed by atoms with Crippen molar-refractivity contribution in [2.45, 2.75) is 71.8 Å². The molecule has 0 aliphatic rings. The maximum Gasteiger partial charge on any atom is 0.245 e. The number of benzene rings is 1. The molecule has 0 aliphatic heterocycles. The van der Waals surface area contributed by atoms with E-state index in [1.165, 1.54) is 5.56 Å². The summed E-state index contributed by atoms with van der Waals surface area (Å²) in [6, 6.07) is 8.29. The van der Waals surface area contributed by atoms with Crippen LogP contribution in [0.15, 0.2) is 59.8 Å². The lowest BCUT2D eigenvalue weighted by Crippen LogP contribution is -2.25. The molecule has 0 bridgehead atoms. The van der Waals surface area contributed by atoms with Crippen molar-refractivity contribution in [3.05, 3.63) is 65.9 Å². The lowest BCUT2D eigenvalue weighted by molar-refractivity contribution is 0.0137. The van der Waals surface area contributed by atoms with Crippen molar-refractivity contribution in [2.75, 3.05) is 0 Å². The van der Waals surface area contributed by atoms with E-state index < -0.39 is 5.92 Å². The van der Waals surface area contributed by atoms with Crippen LogP contribution in [-0.4, -0.2) is 18.2 Å². The first-order valence-electron chi connectivity index (χ1n) is 9.65. The number of hydrogen-bond acceptors (Lipinski definition) is 2. The zero-order chi connectivity index (χ0) is 21.5. The fourth-order valence-electron chi connectivity index (χ4n) is 2.64. The number of aliphatic imine (C=N–C) groups is 1. The number of allylic oxidation sites excluding steroid dienone is 2. The molecule has 1 unspecified atom stereocenters. The monoisotopic (exact) mass is 388 g/mol. The Morgan fingerprint density at radius 1 is 1.14 bits per heavy atom. The Kier molecular flexibility index (Phi) is 8.34. The summed E-state index contributed by atoms with van der Waals surface area (Å²) in [7, 11) is 0. The molecule has 2 nitrogen and oxygen atoms in total. The Hall–Kier alpha value is -2.23. The Bertz CT molecular complexity index is 729. The van der Waals surface area contributed by atoms with Crippen LogP contribution in [-0.2, 0) is 5.41 Å². The molecule has 28 heavy (non-hydrogen) atoms. The summed E-state index contributed by atoms with van der Waals surface area (Å²) in [5, 5.41) is 3.36. The van der Waals surface area contributed by atoms with Gasteiger partial charge in [0, 0.05) is 18.3 Å². The average molecular weight is 389 g/mol. The quantitative estimate of drug-likeness (QED) is 0.457. The Morgan fingerprint density at radius 3 is 2.18 bits per heavy atom. The van der Waals surface area contributed by atoms with E-state index in [4.69, 9.17) is 0 Å². The van der Waals surface area contributed by atoms with Crippen LogP contribution in [0.2, 0.25) is 0 Å². The first kappa shape index (κ1) is 23.8. The van der Waals surface area contributed by atoms with Crippen LogP contribution in [0.5, 0.6) is 0 Å². The molecule has 154 valence electrons. The number of halogens is 2. The molecule has 0 spiro atoms. The normalized spacial score (nSPS) is 14.2. The van der Waals surface area contributed by atoms with E-state index in [0.29, 0.717) is 5.57 Å². The predicted molar refractivity (Wildman–Crippen MR) is 118 cm³/mol. The molecule has 0 saturated heterocycles. The molecule has 1 atom stereocenters. The lowest BCUT2D eigenvalue weighted by Gasteiger charge is -2.21. The standard InChI is InChI=1S/C24H34F2N2/c1-9-22(27-16-17(2)14-15-24(8,25)26)19(4)28-18(3)20-10-12-21(13-11-20)23(5,6)7/h9-13,16,19,28H,2-3,14-15H2,1,4-8H3/b22-9-,27-16?. The van der Waals surface area contributed by atoms with Crippen LogP contribution in [0, 0.1) is 0 Å². The smallest absolute Gasteiger partial charge is 0.245 e. The van der Waals surface area contributed by atoms with Gasteiger partial charge in [-0.2, -0.15) is 0 Å². The van der Waals surface area contributed by atoms with Crippen molar-refractivity contribution >= 4 is 11.9 Å². The second-order valence-electron chi connectivity index (χ2n) is 8.37. The van der Waals surface area contributed by atoms with E-state index in [0.717, 1.165) is 23.9 Å². The maximum atomic E-state index is 13.0. The first-order valence-corrected chi connectivity index (χ1v) is 9.65. The molecule has 0 heterocycles. The number of hydrogen-bond donors (Lipinski definition) is 1. The zero-order valence-corrected chi connectivity index (χ0v) is 18.1. The molecule has 1 N–H and O–H groups in total. The summed E-state index contributed by atoms with van der Waals surface area (Å²) in [4.78, 5) is 4.42. The predicted octanol–water partition coefficient (Wildman–Crippen LogP) is 6.90. The van der Waals surface area contributed by atoms with Crippen LogP contribution in [0.1, 0.15) is 65.5 Å². The summed E-state index contributed by atoms with van der Waals surface area (Å²) < 4.78 is 25.9. The van der Waals surface area contributed by atoms with E-state index in [1.54, 1.807) is 6.21 Å². The second kappa shape index (κ2) is 9.81. The first-order chi connectivity index (χ1) is 12.8. The Morgan fingerprint density at radius 2 is 1.71 bits per heavy atom. The minimum absolute atomic E-state index is 0.0727. The van der Waals surface area contributed by atoms with Gasteiger partial charge in [0.2, 0.25) is 5.92 Å². The molecule has 0 saturated carbocycles. The summed E-state index contributed by atoms with van der Waals surface area (Å²) in [5.41, 5.74) is 4.60. The van der Waals surface area contributed by atoms with Gasteiger partial charge in [-0.15, -0.1) is 0 Å². The van der Waals surface area contributed by atoms with Crippen LogP contribution in [0.4, 0.5) is 8.78 Å². The van der Waals surface area contributed by atoms with Crippen molar-refractivity contribution in [2.24, 2.45) is 4.99 Å². The van der Waals surface area contributed by atoms with Gasteiger partial charge in [0.05, 0.1) is 11.7 Å². The van der Waals surface area contributed by atoms with Gasteiger partial charge >= 0.3 is 0 Å². The highest BCUT2D eigenvalue weighted by Crippen LogP contribution is 2.24. The van der Waals surface area contributed by atoms with E-state index >= 15 is 0 Å². The van der Waals surface area contributed by atoms with Crippen LogP contribution >= 0.6 is 0 Å². The molecule has 0 aromatic heterocycles. The molecular weight excluding hydrogens is 354 g/mol. The third kappa shape index (κ3) is 8.20. The second-order valence-corrected chi connectivity index (χ2v) is 8.37. The Balaban J connectivity index is 2.70. The number of nitrogens with one attached hydrogen (secondary N) is 1. The molecular formula is C24H34F2N2. The third-order valence-electron chi connectivity index (χ3n) is 4.51. The molecule has 0 amide bonds. The summed E-state index contributed by atoms with van der Waals surface area (Å²) in [5.74, 6) is -2.69. The average Bonchev–Trinajstić information content (AvgIpc) is 2.59. The number of rotatable bonds is 9. The van der Waals surface area contributed by atoms with Gasteiger partial charge in [0.25, 0.3) is 0 Å². The van der Waals surface area contributed by atoms with Crippen molar-refractivity contribution < 1.29 is 8.78 Å². The fourth-order valence-corrected chi connectivity index (χ4v) is 2.64. The fraction of sp³-hybridized carbons (Fsp3) is 0.458. The molecule has 1 aromatic carbocycles. The zero-order valence-electron chi connectivity index (χ0n) is 18.1. The van der Waals surface area contributed by atoms with Gasteiger partial charge < -0.3 is 5.32 Å². The van der Waals surface area contributed by atoms with Crippen molar-refractivity contribution in [3.63, 3.8) is 0 Å². The highest BCUT2D eigenvalue weighted by Gasteiger charge is 2.20. The summed E-state index contributed by atoms with van der Waals surface area (Å²) >= 11 is 0. The topological polar surface area (TPSA) is 24.4 Å². The van der Waals surface area contributed by atoms with Gasteiger partial charge in [0.15, 0.2) is 0 Å². The number of alkyl halides is 2. The summed E-state index contributed by atoms with van der Waals surface area (Å²) in [6.45, 7) is 19.3. The molecule has 0 fully saturated rings. The van der Waals surface area contributed by atoms with Crippen molar-refractivity contribution in [1.29, 1.82) is 0 Å². The molecule has 4 heteroatoms. The molecule has 0 radical (unpaired) electrons.